The molecule has 2 rings (SSSR count). The van der Waals surface area contributed by atoms with E-state index >= 15 is 0 Å². The number of carbonyl (C=O) groups excluding carboxylic acids is 1. The zero-order valence-electron chi connectivity index (χ0n) is 14.1. The molecule has 1 aliphatic rings. The summed E-state index contributed by atoms with van der Waals surface area (Å²) in [5, 5.41) is 2.63. The van der Waals surface area contributed by atoms with Crippen LogP contribution >= 0.6 is 0 Å². The lowest BCUT2D eigenvalue weighted by Gasteiger charge is -2.31. The van der Waals surface area contributed by atoms with Crippen LogP contribution in [-0.2, 0) is 14.8 Å². The summed E-state index contributed by atoms with van der Waals surface area (Å²) in [5.41, 5.74) is 2.03. The number of rotatable bonds is 5. The van der Waals surface area contributed by atoms with E-state index in [0.717, 1.165) is 16.0 Å². The molecule has 1 fully saturated rings. The van der Waals surface area contributed by atoms with Crippen LogP contribution < -0.4 is 10.2 Å². The highest BCUT2D eigenvalue weighted by Crippen LogP contribution is 2.19. The van der Waals surface area contributed by atoms with E-state index in [2.05, 4.69) is 11.2 Å². The molecule has 24 heavy (non-hydrogen) atoms. The lowest BCUT2D eigenvalue weighted by atomic mass is 10.1. The van der Waals surface area contributed by atoms with E-state index in [-0.39, 0.29) is 12.5 Å². The van der Waals surface area contributed by atoms with Gasteiger partial charge in [0.2, 0.25) is 10.0 Å². The van der Waals surface area contributed by atoms with Gasteiger partial charge >= 0.3 is 0 Å². The number of quaternary nitrogens is 1. The van der Waals surface area contributed by atoms with Gasteiger partial charge in [0, 0.05) is 0 Å². The lowest BCUT2D eigenvalue weighted by Crippen LogP contribution is -3.15. The maximum absolute atomic E-state index is 12.7. The number of hydrogen-bond acceptors (Lipinski definition) is 3. The predicted molar refractivity (Wildman–Crippen MR) is 92.1 cm³/mol. The number of sulfonamides is 1. The molecule has 7 heteroatoms. The second-order valence-corrected chi connectivity index (χ2v) is 8.00. The van der Waals surface area contributed by atoms with Gasteiger partial charge in [-0.25, -0.2) is 8.42 Å². The highest BCUT2D eigenvalue weighted by molar-refractivity contribution is 7.89. The second kappa shape index (κ2) is 7.79. The van der Waals surface area contributed by atoms with Crippen LogP contribution in [0.3, 0.4) is 0 Å². The molecule has 1 aromatic carbocycles. The Balaban J connectivity index is 1.97. The number of nitrogens with one attached hydrogen (secondary N) is 2. The first kappa shape index (κ1) is 18.5. The summed E-state index contributed by atoms with van der Waals surface area (Å²) >= 11 is 0. The number of terminal acetylenes is 1. The predicted octanol–water partition coefficient (Wildman–Crippen LogP) is -1.06. The zero-order chi connectivity index (χ0) is 17.7. The van der Waals surface area contributed by atoms with Gasteiger partial charge in [0.15, 0.2) is 6.54 Å². The van der Waals surface area contributed by atoms with E-state index in [1.807, 2.05) is 19.9 Å². The summed E-state index contributed by atoms with van der Waals surface area (Å²) in [7, 11) is -3.47. The van der Waals surface area contributed by atoms with Crippen molar-refractivity contribution >= 4 is 15.9 Å². The molecule has 1 aliphatic heterocycles. The average molecular weight is 350 g/mol. The van der Waals surface area contributed by atoms with Gasteiger partial charge in [0.05, 0.1) is 37.6 Å². The minimum atomic E-state index is -3.47. The fraction of sp³-hybridized carbons (Fsp3) is 0.471. The van der Waals surface area contributed by atoms with E-state index < -0.39 is 10.0 Å². The van der Waals surface area contributed by atoms with Gasteiger partial charge in [-0.05, 0) is 37.1 Å². The first-order chi connectivity index (χ1) is 11.3. The number of benzene rings is 1. The van der Waals surface area contributed by atoms with Gasteiger partial charge < -0.3 is 10.2 Å². The minimum Gasteiger partial charge on any atom is -0.340 e. The molecule has 1 amide bonds. The van der Waals surface area contributed by atoms with Crippen LogP contribution in [0.2, 0.25) is 0 Å². The first-order valence-electron chi connectivity index (χ1n) is 7.95. The van der Waals surface area contributed by atoms with Gasteiger partial charge in [-0.1, -0.05) is 12.0 Å². The molecule has 0 bridgehead atoms. The van der Waals surface area contributed by atoms with Gasteiger partial charge in [-0.2, -0.15) is 4.31 Å². The van der Waals surface area contributed by atoms with Crippen molar-refractivity contribution in [1.82, 2.24) is 9.62 Å². The number of nitrogens with zero attached hydrogens (tertiary/aromatic N) is 1. The highest BCUT2D eigenvalue weighted by atomic mass is 32.2. The van der Waals surface area contributed by atoms with E-state index in [4.69, 9.17) is 6.42 Å². The van der Waals surface area contributed by atoms with Crippen molar-refractivity contribution in [2.24, 2.45) is 0 Å². The van der Waals surface area contributed by atoms with Crippen molar-refractivity contribution in [3.8, 4) is 12.3 Å². The van der Waals surface area contributed by atoms with Crippen molar-refractivity contribution < 1.29 is 18.1 Å². The van der Waals surface area contributed by atoms with Crippen LogP contribution in [0, 0.1) is 26.2 Å². The Morgan fingerprint density at radius 2 is 1.96 bits per heavy atom. The van der Waals surface area contributed by atoms with Crippen molar-refractivity contribution in [3.63, 3.8) is 0 Å². The van der Waals surface area contributed by atoms with Crippen LogP contribution in [0.15, 0.2) is 23.1 Å². The van der Waals surface area contributed by atoms with E-state index in [0.29, 0.717) is 37.6 Å². The molecule has 0 radical (unpaired) electrons. The van der Waals surface area contributed by atoms with Crippen LogP contribution in [0.1, 0.15) is 11.1 Å². The number of carbonyl (C=O) groups is 1. The SMILES string of the molecule is C#CCNC(=O)C[NH+]1CCN(S(=O)(=O)c2ccc(C)c(C)c2)CC1. The van der Waals surface area contributed by atoms with Crippen LogP contribution in [0.25, 0.3) is 0 Å². The maximum Gasteiger partial charge on any atom is 0.275 e. The normalized spacial score (nSPS) is 16.5. The van der Waals surface area contributed by atoms with Crippen LogP contribution in [0.4, 0.5) is 0 Å². The molecule has 2 N–H and O–H groups in total. The molecule has 0 aromatic heterocycles. The minimum absolute atomic E-state index is 0.103. The first-order valence-corrected chi connectivity index (χ1v) is 9.39. The summed E-state index contributed by atoms with van der Waals surface area (Å²) in [5.74, 6) is 2.26. The molecule has 1 aromatic rings. The van der Waals surface area contributed by atoms with Crippen molar-refractivity contribution in [1.29, 1.82) is 0 Å². The van der Waals surface area contributed by atoms with Crippen molar-refractivity contribution in [2.75, 3.05) is 39.3 Å². The molecule has 0 unspecified atom stereocenters. The maximum atomic E-state index is 12.7. The van der Waals surface area contributed by atoms with Gasteiger partial charge in [0.1, 0.15) is 0 Å². The van der Waals surface area contributed by atoms with E-state index in [1.165, 1.54) is 4.31 Å². The third-order valence-corrected chi connectivity index (χ3v) is 6.24. The fourth-order valence-corrected chi connectivity index (χ4v) is 4.21. The summed E-state index contributed by atoms with van der Waals surface area (Å²) in [4.78, 5) is 13.1. The summed E-state index contributed by atoms with van der Waals surface area (Å²) in [6.45, 7) is 6.43. The van der Waals surface area contributed by atoms with Gasteiger partial charge in [-0.3, -0.25) is 4.79 Å². The molecule has 130 valence electrons. The summed E-state index contributed by atoms with van der Waals surface area (Å²) in [6.07, 6.45) is 5.11. The Morgan fingerprint density at radius 3 is 2.54 bits per heavy atom. The number of amides is 1. The second-order valence-electron chi connectivity index (χ2n) is 6.06. The smallest absolute Gasteiger partial charge is 0.275 e. The highest BCUT2D eigenvalue weighted by Gasteiger charge is 2.31. The third-order valence-electron chi connectivity index (χ3n) is 4.34. The number of hydrogen-bond donors (Lipinski definition) is 2. The molecule has 1 heterocycles. The number of aryl methyl sites for hydroxylation is 2. The third kappa shape index (κ3) is 4.35. The van der Waals surface area contributed by atoms with E-state index in [1.54, 1.807) is 12.1 Å². The topological polar surface area (TPSA) is 70.9 Å². The standard InChI is InChI=1S/C17H23N3O3S/c1-4-7-18-17(21)13-19-8-10-20(11-9-19)24(22,23)16-6-5-14(2)15(3)12-16/h1,5-6,12H,7-11,13H2,2-3H3,(H,18,21)/p+1. The molecular formula is C17H24N3O3S+. The van der Waals surface area contributed by atoms with Gasteiger partial charge in [-0.15, -0.1) is 6.42 Å². The molecule has 1 saturated heterocycles. The van der Waals surface area contributed by atoms with E-state index in [9.17, 15) is 13.2 Å². The molecule has 0 saturated carbocycles. The van der Waals surface area contributed by atoms with Crippen molar-refractivity contribution in [2.45, 2.75) is 18.7 Å². The Labute approximate surface area is 143 Å². The van der Waals surface area contributed by atoms with Crippen LogP contribution in [-0.4, -0.2) is 57.9 Å². The fourth-order valence-electron chi connectivity index (χ4n) is 2.68. The summed E-state index contributed by atoms with van der Waals surface area (Å²) in [6, 6.07) is 5.21. The Bertz CT molecular complexity index is 745. The number of piperazine rings is 1. The monoisotopic (exact) mass is 350 g/mol. The lowest BCUT2D eigenvalue weighted by molar-refractivity contribution is -0.895. The Morgan fingerprint density at radius 1 is 1.29 bits per heavy atom. The molecule has 0 atom stereocenters. The molecule has 0 aliphatic carbocycles. The zero-order valence-corrected chi connectivity index (χ0v) is 14.9. The van der Waals surface area contributed by atoms with Crippen molar-refractivity contribution in [3.05, 3.63) is 29.3 Å². The van der Waals surface area contributed by atoms with Crippen LogP contribution in [0.5, 0.6) is 0 Å². The summed E-state index contributed by atoms with van der Waals surface area (Å²) < 4.78 is 27.0. The Kier molecular flexibility index (Phi) is 5.99. The molecule has 0 spiro atoms. The Hall–Kier alpha value is -1.88. The van der Waals surface area contributed by atoms with Gasteiger partial charge in [0.25, 0.3) is 5.91 Å². The quantitative estimate of drug-likeness (QED) is 0.665. The average Bonchev–Trinajstić information content (AvgIpc) is 2.56. The molecular weight excluding hydrogens is 326 g/mol. The largest absolute Gasteiger partial charge is 0.340 e. The molecule has 6 nitrogen and oxygen atoms in total.